The molecule has 0 unspecified atom stereocenters. The van der Waals surface area contributed by atoms with Crippen LogP contribution in [0.1, 0.15) is 106 Å². The van der Waals surface area contributed by atoms with Gasteiger partial charge in [-0.1, -0.05) is 20.8 Å². The molecule has 7 rings (SSSR count). The Balaban J connectivity index is 1.14. The van der Waals surface area contributed by atoms with Gasteiger partial charge in [0.1, 0.15) is 24.4 Å². The maximum Gasteiger partial charge on any atom is 0.186 e. The van der Waals surface area contributed by atoms with Gasteiger partial charge in [-0.3, -0.25) is 0 Å². The van der Waals surface area contributed by atoms with E-state index in [1.807, 2.05) is 0 Å². The van der Waals surface area contributed by atoms with Crippen LogP contribution in [0.3, 0.4) is 0 Å². The van der Waals surface area contributed by atoms with Crippen LogP contribution in [0.2, 0.25) is 0 Å². The van der Waals surface area contributed by atoms with Gasteiger partial charge in [-0.15, -0.1) is 0 Å². The molecule has 7 aliphatic rings. The van der Waals surface area contributed by atoms with E-state index in [0.717, 1.165) is 57.8 Å². The summed E-state index contributed by atoms with van der Waals surface area (Å²) in [6.07, 6.45) is 1.45. The van der Waals surface area contributed by atoms with Crippen LogP contribution in [0.4, 0.5) is 0 Å². The second-order valence-corrected chi connectivity index (χ2v) is 18.4. The molecule has 5 aliphatic carbocycles. The fourth-order valence-electron chi connectivity index (χ4n) is 13.7. The lowest BCUT2D eigenvalue weighted by molar-refractivity contribution is -0.326. The number of rotatable bonds is 6. The third-order valence-corrected chi connectivity index (χ3v) is 15.9. The maximum absolute atomic E-state index is 11.9. The van der Waals surface area contributed by atoms with E-state index in [4.69, 9.17) is 14.2 Å². The molecule has 0 radical (unpaired) electrons. The molecular formula is C36H60O10. The highest BCUT2D eigenvalue weighted by Gasteiger charge is 2.84. The molecule has 16 atom stereocenters. The van der Waals surface area contributed by atoms with Crippen LogP contribution in [0, 0.1) is 44.8 Å². The monoisotopic (exact) mass is 652 g/mol. The third-order valence-electron chi connectivity index (χ3n) is 15.9. The number of ether oxygens (including phenoxy) is 3. The van der Waals surface area contributed by atoms with Crippen molar-refractivity contribution in [1.82, 2.24) is 0 Å². The van der Waals surface area contributed by atoms with Crippen molar-refractivity contribution in [2.45, 2.75) is 166 Å². The van der Waals surface area contributed by atoms with E-state index in [9.17, 15) is 35.7 Å². The van der Waals surface area contributed by atoms with Crippen molar-refractivity contribution >= 4 is 0 Å². The lowest BCUT2D eigenvalue weighted by atomic mass is 9.41. The smallest absolute Gasteiger partial charge is 0.186 e. The van der Waals surface area contributed by atoms with E-state index in [1.54, 1.807) is 13.8 Å². The second-order valence-electron chi connectivity index (χ2n) is 18.4. The molecule has 10 heteroatoms. The minimum atomic E-state index is -1.46. The van der Waals surface area contributed by atoms with Crippen molar-refractivity contribution in [3.63, 3.8) is 0 Å². The number of aliphatic hydroxyl groups is 7. The number of hydrogen-bond acceptors (Lipinski definition) is 10. The summed E-state index contributed by atoms with van der Waals surface area (Å²) in [5, 5.41) is 75.1. The van der Waals surface area contributed by atoms with Crippen molar-refractivity contribution in [2.75, 3.05) is 13.2 Å². The van der Waals surface area contributed by atoms with Gasteiger partial charge in [0.05, 0.1) is 36.1 Å². The van der Waals surface area contributed by atoms with Gasteiger partial charge in [0, 0.05) is 17.9 Å². The number of aliphatic hydroxyl groups excluding tert-OH is 6. The molecule has 2 saturated heterocycles. The van der Waals surface area contributed by atoms with Crippen molar-refractivity contribution in [3.05, 3.63) is 0 Å². The van der Waals surface area contributed by atoms with Gasteiger partial charge >= 0.3 is 0 Å². The SMILES string of the molecule is CC(C)(O)[C@H]1CC[C@@](C)([C@@H]2[C@@H](O)C[C@@]3(C)[C@H]4CC[C@@H]5C(C)(C)[C@@H](O[C@@H]6O[C@@H](CO)[C@@H](O)[C@H](O)[C@@H]6O)CC[C@@]56C[C@@]46CC[C@]23CO)O1. The molecule has 7 fully saturated rings. The summed E-state index contributed by atoms with van der Waals surface area (Å²) >= 11 is 0. The van der Waals surface area contributed by atoms with Gasteiger partial charge in [-0.25, -0.2) is 0 Å². The zero-order valence-electron chi connectivity index (χ0n) is 28.7. The average Bonchev–Trinajstić information content (AvgIpc) is 3.34. The van der Waals surface area contributed by atoms with Crippen LogP contribution in [0.5, 0.6) is 0 Å². The number of fused-ring (bicyclic) bond motifs is 2. The molecule has 46 heavy (non-hydrogen) atoms. The summed E-state index contributed by atoms with van der Waals surface area (Å²) in [5.41, 5.74) is -2.22. The Hall–Kier alpha value is -0.400. The maximum atomic E-state index is 11.9. The average molecular weight is 653 g/mol. The topological polar surface area (TPSA) is 169 Å². The fraction of sp³-hybridized carbons (Fsp3) is 1.00. The molecule has 264 valence electrons. The van der Waals surface area contributed by atoms with E-state index < -0.39 is 60.0 Å². The largest absolute Gasteiger partial charge is 0.396 e. The number of hydrogen-bond donors (Lipinski definition) is 7. The zero-order chi connectivity index (χ0) is 33.5. The minimum absolute atomic E-state index is 0.0286. The Labute approximate surface area is 273 Å². The molecule has 0 amide bonds. The predicted octanol–water partition coefficient (Wildman–Crippen LogP) is 2.26. The van der Waals surface area contributed by atoms with Gasteiger partial charge in [0.2, 0.25) is 0 Å². The van der Waals surface area contributed by atoms with E-state index in [-0.39, 0.29) is 46.4 Å². The Bertz CT molecular complexity index is 1190. The molecule has 2 heterocycles. The zero-order valence-corrected chi connectivity index (χ0v) is 28.7. The minimum Gasteiger partial charge on any atom is -0.396 e. The first-order valence-corrected chi connectivity index (χ1v) is 18.0. The van der Waals surface area contributed by atoms with Gasteiger partial charge in [-0.2, -0.15) is 0 Å². The summed E-state index contributed by atoms with van der Waals surface area (Å²) in [5.74, 6) is 0.562. The molecule has 2 aliphatic heterocycles. The highest BCUT2D eigenvalue weighted by Crippen LogP contribution is 2.89. The highest BCUT2D eigenvalue weighted by atomic mass is 16.7. The quantitative estimate of drug-likeness (QED) is 0.211. The Kier molecular flexibility index (Phi) is 7.82. The molecule has 0 aromatic heterocycles. The molecule has 10 nitrogen and oxygen atoms in total. The summed E-state index contributed by atoms with van der Waals surface area (Å²) in [4.78, 5) is 0. The Morgan fingerprint density at radius 1 is 0.804 bits per heavy atom. The van der Waals surface area contributed by atoms with Crippen molar-refractivity contribution in [3.8, 4) is 0 Å². The molecular weight excluding hydrogens is 592 g/mol. The lowest BCUT2D eigenvalue weighted by Crippen LogP contribution is -2.62. The third kappa shape index (κ3) is 4.24. The molecule has 0 aromatic rings. The second kappa shape index (κ2) is 10.6. The van der Waals surface area contributed by atoms with Crippen LogP contribution >= 0.6 is 0 Å². The standard InChI is InChI=1S/C36H60O10/c1-30(2)21-7-8-22-32(5)15-19(39)28(33(6)11-9-24(46-33)31(3,4)43)36(32,18-38)14-13-35(22)17-34(21,35)12-10-23(30)45-29-27(42)26(41)25(40)20(16-37)44-29/h19-29,37-43H,7-18H2,1-6H3/t19-,20-,21+,22+,23-,24+,25+,26-,27-,28-,29-,32-,33-,34+,35-,36-/m0/s1. The van der Waals surface area contributed by atoms with E-state index in [1.165, 1.54) is 0 Å². The first-order chi connectivity index (χ1) is 21.4. The van der Waals surface area contributed by atoms with Gasteiger partial charge in [0.25, 0.3) is 0 Å². The van der Waals surface area contributed by atoms with Gasteiger partial charge in [0.15, 0.2) is 6.29 Å². The molecule has 0 bridgehead atoms. The summed E-state index contributed by atoms with van der Waals surface area (Å²) in [7, 11) is 0. The molecule has 7 N–H and O–H groups in total. The van der Waals surface area contributed by atoms with Crippen LogP contribution in [-0.2, 0) is 14.2 Å². The van der Waals surface area contributed by atoms with Crippen LogP contribution in [-0.4, -0.2) is 109 Å². The lowest BCUT2D eigenvalue weighted by Gasteiger charge is -2.64. The van der Waals surface area contributed by atoms with Crippen LogP contribution < -0.4 is 0 Å². The first-order valence-electron chi connectivity index (χ1n) is 18.0. The highest BCUT2D eigenvalue weighted by molar-refractivity contribution is 5.32. The van der Waals surface area contributed by atoms with Crippen molar-refractivity contribution < 1.29 is 50.0 Å². The fourth-order valence-corrected chi connectivity index (χ4v) is 13.7. The van der Waals surface area contributed by atoms with E-state index >= 15 is 0 Å². The van der Waals surface area contributed by atoms with Crippen LogP contribution in [0.25, 0.3) is 0 Å². The molecule has 0 aromatic carbocycles. The van der Waals surface area contributed by atoms with E-state index in [2.05, 4.69) is 27.7 Å². The predicted molar refractivity (Wildman–Crippen MR) is 167 cm³/mol. The van der Waals surface area contributed by atoms with Crippen LogP contribution in [0.15, 0.2) is 0 Å². The van der Waals surface area contributed by atoms with E-state index in [0.29, 0.717) is 18.3 Å². The molecule has 2 spiro atoms. The van der Waals surface area contributed by atoms with Crippen molar-refractivity contribution in [2.24, 2.45) is 44.8 Å². The molecule has 5 saturated carbocycles. The summed E-state index contributed by atoms with van der Waals surface area (Å²) in [6.45, 7) is 12.1. The van der Waals surface area contributed by atoms with Gasteiger partial charge in [-0.05, 0) is 118 Å². The summed E-state index contributed by atoms with van der Waals surface area (Å²) < 4.78 is 18.9. The first kappa shape index (κ1) is 34.1. The normalized spacial score (nSPS) is 57.7. The van der Waals surface area contributed by atoms with Crippen molar-refractivity contribution in [1.29, 1.82) is 0 Å². The van der Waals surface area contributed by atoms with Gasteiger partial charge < -0.3 is 50.0 Å². The Morgan fingerprint density at radius 3 is 2.11 bits per heavy atom. The summed E-state index contributed by atoms with van der Waals surface area (Å²) in [6, 6.07) is 0. The Morgan fingerprint density at radius 2 is 1.48 bits per heavy atom.